The number of aryl methyl sites for hydroxylation is 2. The van der Waals surface area contributed by atoms with Crippen molar-refractivity contribution in [3.8, 4) is 0 Å². The van der Waals surface area contributed by atoms with Crippen LogP contribution in [0.15, 0.2) is 0 Å². The number of thiazole rings is 1. The van der Waals surface area contributed by atoms with Crippen molar-refractivity contribution < 1.29 is 14.3 Å². The van der Waals surface area contributed by atoms with Crippen molar-refractivity contribution in [1.29, 1.82) is 0 Å². The Kier molecular flexibility index (Phi) is 6.43. The average Bonchev–Trinajstić information content (AvgIpc) is 2.92. The Hall–Kier alpha value is -1.63. The fourth-order valence-electron chi connectivity index (χ4n) is 2.93. The number of carbonyl (C=O) groups is 2. The number of hydrogen-bond donors (Lipinski definition) is 1. The highest BCUT2D eigenvalue weighted by molar-refractivity contribution is 7.13. The molecule has 0 spiro atoms. The van der Waals surface area contributed by atoms with Crippen molar-refractivity contribution in [2.24, 2.45) is 0 Å². The predicted octanol–water partition coefficient (Wildman–Crippen LogP) is 3.53. The van der Waals surface area contributed by atoms with Crippen molar-refractivity contribution in [3.63, 3.8) is 0 Å². The Morgan fingerprint density at radius 2 is 2.08 bits per heavy atom. The van der Waals surface area contributed by atoms with E-state index < -0.39 is 11.7 Å². The fourth-order valence-corrected chi connectivity index (χ4v) is 3.89. The Labute approximate surface area is 154 Å². The van der Waals surface area contributed by atoms with Gasteiger partial charge in [-0.2, -0.15) is 0 Å². The van der Waals surface area contributed by atoms with Gasteiger partial charge in [0.05, 0.1) is 10.7 Å². The van der Waals surface area contributed by atoms with E-state index in [1.165, 1.54) is 11.3 Å². The molecule has 0 bridgehead atoms. The van der Waals surface area contributed by atoms with Crippen LogP contribution in [0.1, 0.15) is 67.3 Å². The van der Waals surface area contributed by atoms with E-state index in [-0.39, 0.29) is 11.9 Å². The standard InChI is InChI=1S/C18H29N3O3S/c1-6-14-20-12(2)15(25-14)16(22)21-10-8-7-9-13(21)11-19-17(23)24-18(3,4)5/h13H,6-11H2,1-5H3,(H,19,23). The number of nitrogens with zero attached hydrogens (tertiary/aromatic N) is 2. The molecule has 140 valence electrons. The number of nitrogens with one attached hydrogen (secondary N) is 1. The smallest absolute Gasteiger partial charge is 0.407 e. The van der Waals surface area contributed by atoms with E-state index in [0.717, 1.165) is 47.8 Å². The molecule has 0 aromatic carbocycles. The summed E-state index contributed by atoms with van der Waals surface area (Å²) in [6, 6.07) is 0.000319. The van der Waals surface area contributed by atoms with Gasteiger partial charge in [-0.05, 0) is 53.4 Å². The summed E-state index contributed by atoms with van der Waals surface area (Å²) in [6.07, 6.45) is 3.34. The van der Waals surface area contributed by atoms with Gasteiger partial charge < -0.3 is 15.0 Å². The maximum Gasteiger partial charge on any atom is 0.407 e. The summed E-state index contributed by atoms with van der Waals surface area (Å²) < 4.78 is 5.28. The Balaban J connectivity index is 2.03. The minimum absolute atomic E-state index is 0.000319. The van der Waals surface area contributed by atoms with Crippen molar-refractivity contribution in [3.05, 3.63) is 15.6 Å². The second kappa shape index (κ2) is 8.17. The van der Waals surface area contributed by atoms with Crippen LogP contribution in [0.3, 0.4) is 0 Å². The zero-order valence-corrected chi connectivity index (χ0v) is 16.7. The molecule has 1 atom stereocenters. The molecule has 0 radical (unpaired) electrons. The number of hydrogen-bond acceptors (Lipinski definition) is 5. The third-order valence-corrected chi connectivity index (χ3v) is 5.40. The molecule has 1 aromatic heterocycles. The highest BCUT2D eigenvalue weighted by atomic mass is 32.1. The zero-order chi connectivity index (χ0) is 18.6. The van der Waals surface area contributed by atoms with Gasteiger partial charge >= 0.3 is 6.09 Å². The summed E-state index contributed by atoms with van der Waals surface area (Å²) in [4.78, 5) is 32.0. The van der Waals surface area contributed by atoms with E-state index in [1.54, 1.807) is 0 Å². The number of ether oxygens (including phenoxy) is 1. The average molecular weight is 368 g/mol. The first-order valence-electron chi connectivity index (χ1n) is 8.95. The third kappa shape index (κ3) is 5.42. The van der Waals surface area contributed by atoms with Gasteiger partial charge in [0.15, 0.2) is 0 Å². The molecule has 7 heteroatoms. The van der Waals surface area contributed by atoms with E-state index in [2.05, 4.69) is 10.3 Å². The van der Waals surface area contributed by atoms with Crippen LogP contribution in [-0.2, 0) is 11.2 Å². The number of piperidine rings is 1. The summed E-state index contributed by atoms with van der Waals surface area (Å²) in [5.41, 5.74) is 0.277. The molecule has 1 aliphatic rings. The molecule has 6 nitrogen and oxygen atoms in total. The second-order valence-corrected chi connectivity index (χ2v) is 8.49. The lowest BCUT2D eigenvalue weighted by Gasteiger charge is -2.35. The number of amides is 2. The summed E-state index contributed by atoms with van der Waals surface area (Å²) in [7, 11) is 0. The molecule has 0 saturated carbocycles. The van der Waals surface area contributed by atoms with Crippen LogP contribution in [0, 0.1) is 6.92 Å². The number of rotatable bonds is 4. The monoisotopic (exact) mass is 367 g/mol. The van der Waals surface area contributed by atoms with Crippen LogP contribution in [-0.4, -0.2) is 46.6 Å². The SMILES string of the molecule is CCc1nc(C)c(C(=O)N2CCCCC2CNC(=O)OC(C)(C)C)s1. The number of carbonyl (C=O) groups excluding carboxylic acids is 2. The summed E-state index contributed by atoms with van der Waals surface area (Å²) in [5.74, 6) is 0.0328. The third-order valence-electron chi connectivity index (χ3n) is 4.11. The van der Waals surface area contributed by atoms with Gasteiger partial charge in [-0.3, -0.25) is 4.79 Å². The molecule has 1 saturated heterocycles. The molecule has 1 aliphatic heterocycles. The van der Waals surface area contributed by atoms with Gasteiger partial charge in [-0.25, -0.2) is 9.78 Å². The molecule has 2 rings (SSSR count). The number of aromatic nitrogens is 1. The summed E-state index contributed by atoms with van der Waals surface area (Å²) >= 11 is 1.48. The van der Waals surface area contributed by atoms with E-state index in [1.807, 2.05) is 39.5 Å². The summed E-state index contributed by atoms with van der Waals surface area (Å²) in [6.45, 7) is 10.6. The van der Waals surface area contributed by atoms with Crippen molar-refractivity contribution >= 4 is 23.3 Å². The molecule has 0 aliphatic carbocycles. The van der Waals surface area contributed by atoms with Crippen LogP contribution in [0.5, 0.6) is 0 Å². The highest BCUT2D eigenvalue weighted by Crippen LogP contribution is 2.25. The normalized spacial score (nSPS) is 18.1. The van der Waals surface area contributed by atoms with Crippen molar-refractivity contribution in [1.82, 2.24) is 15.2 Å². The maximum atomic E-state index is 13.0. The molecule has 25 heavy (non-hydrogen) atoms. The Morgan fingerprint density at radius 3 is 2.68 bits per heavy atom. The van der Waals surface area contributed by atoms with E-state index in [4.69, 9.17) is 4.74 Å². The van der Waals surface area contributed by atoms with Crippen LogP contribution < -0.4 is 5.32 Å². The zero-order valence-electron chi connectivity index (χ0n) is 15.8. The van der Waals surface area contributed by atoms with E-state index in [9.17, 15) is 9.59 Å². The first-order chi connectivity index (χ1) is 11.7. The molecular formula is C18H29N3O3S. The Morgan fingerprint density at radius 1 is 1.36 bits per heavy atom. The predicted molar refractivity (Wildman–Crippen MR) is 99.1 cm³/mol. The molecule has 1 fully saturated rings. The lowest BCUT2D eigenvalue weighted by Crippen LogP contribution is -2.50. The lowest BCUT2D eigenvalue weighted by molar-refractivity contribution is 0.0463. The number of likely N-dealkylation sites (tertiary alicyclic amines) is 1. The van der Waals surface area contributed by atoms with Gasteiger partial charge in [0.1, 0.15) is 10.5 Å². The van der Waals surface area contributed by atoms with Gasteiger partial charge in [-0.1, -0.05) is 6.92 Å². The molecular weight excluding hydrogens is 338 g/mol. The molecule has 1 aromatic rings. The summed E-state index contributed by atoms with van der Waals surface area (Å²) in [5, 5.41) is 3.80. The minimum atomic E-state index is -0.525. The second-order valence-electron chi connectivity index (χ2n) is 7.41. The lowest BCUT2D eigenvalue weighted by atomic mass is 10.0. The first-order valence-corrected chi connectivity index (χ1v) is 9.77. The van der Waals surface area contributed by atoms with Crippen LogP contribution in [0.25, 0.3) is 0 Å². The van der Waals surface area contributed by atoms with E-state index in [0.29, 0.717) is 6.54 Å². The molecule has 2 amide bonds. The minimum Gasteiger partial charge on any atom is -0.444 e. The molecule has 1 unspecified atom stereocenters. The van der Waals surface area contributed by atoms with Crippen molar-refractivity contribution in [2.75, 3.05) is 13.1 Å². The van der Waals surface area contributed by atoms with Gasteiger partial charge in [-0.15, -0.1) is 11.3 Å². The first kappa shape index (κ1) is 19.7. The highest BCUT2D eigenvalue weighted by Gasteiger charge is 2.30. The van der Waals surface area contributed by atoms with E-state index >= 15 is 0 Å². The van der Waals surface area contributed by atoms with Crippen molar-refractivity contribution in [2.45, 2.75) is 71.9 Å². The maximum absolute atomic E-state index is 13.0. The van der Waals surface area contributed by atoms with Gasteiger partial charge in [0, 0.05) is 19.1 Å². The van der Waals surface area contributed by atoms with Gasteiger partial charge in [0.2, 0.25) is 0 Å². The fraction of sp³-hybridized carbons (Fsp3) is 0.722. The topological polar surface area (TPSA) is 71.5 Å². The molecule has 1 N–H and O–H groups in total. The van der Waals surface area contributed by atoms with Crippen LogP contribution in [0.2, 0.25) is 0 Å². The van der Waals surface area contributed by atoms with Crippen LogP contribution in [0.4, 0.5) is 4.79 Å². The van der Waals surface area contributed by atoms with Crippen LogP contribution >= 0.6 is 11.3 Å². The molecule has 2 heterocycles. The number of alkyl carbamates (subject to hydrolysis) is 1. The quantitative estimate of drug-likeness (QED) is 0.884. The van der Waals surface area contributed by atoms with Gasteiger partial charge in [0.25, 0.3) is 5.91 Å². The largest absolute Gasteiger partial charge is 0.444 e. The Bertz CT molecular complexity index is 622.